The number of hydrazine groups is 1. The molecule has 3 rings (SSSR count). The van der Waals surface area contributed by atoms with E-state index in [2.05, 4.69) is 16.2 Å². The summed E-state index contributed by atoms with van der Waals surface area (Å²) >= 11 is 5.09. The van der Waals surface area contributed by atoms with E-state index in [1.807, 2.05) is 44.2 Å². The second-order valence-electron chi connectivity index (χ2n) is 7.36. The van der Waals surface area contributed by atoms with Crippen LogP contribution in [0.5, 0.6) is 11.5 Å². The van der Waals surface area contributed by atoms with Crippen LogP contribution in [0.25, 0.3) is 0 Å². The average molecular weight is 464 g/mol. The van der Waals surface area contributed by atoms with Crippen molar-refractivity contribution < 1.29 is 19.1 Å². The second-order valence-corrected chi connectivity index (χ2v) is 7.76. The molecule has 3 N–H and O–H groups in total. The molecule has 7 nitrogen and oxygen atoms in total. The van der Waals surface area contributed by atoms with Crippen LogP contribution in [0.4, 0.5) is 0 Å². The molecule has 0 saturated carbocycles. The Kier molecular flexibility index (Phi) is 8.37. The summed E-state index contributed by atoms with van der Waals surface area (Å²) in [5.41, 5.74) is 6.83. The molecule has 33 heavy (non-hydrogen) atoms. The summed E-state index contributed by atoms with van der Waals surface area (Å²) in [6, 6.07) is 23.3. The Hall–Kier alpha value is -3.91. The molecule has 0 aliphatic heterocycles. The average Bonchev–Trinajstić information content (AvgIpc) is 2.82. The van der Waals surface area contributed by atoms with Crippen LogP contribution in [0.15, 0.2) is 78.9 Å². The highest BCUT2D eigenvalue weighted by Crippen LogP contribution is 2.15. The van der Waals surface area contributed by atoms with Gasteiger partial charge in [-0.05, 0) is 74.1 Å². The molecule has 2 amide bonds. The first-order valence-corrected chi connectivity index (χ1v) is 10.8. The van der Waals surface area contributed by atoms with E-state index in [0.29, 0.717) is 29.2 Å². The molecule has 0 spiro atoms. The SMILES string of the molecule is CC(C)Oc1cccc(C(=O)NC(=S)NNC(=O)c2ccc(OCc3ccccc3)cc2)c1. The van der Waals surface area contributed by atoms with Crippen LogP contribution < -0.4 is 25.6 Å². The molecule has 0 unspecified atom stereocenters. The summed E-state index contributed by atoms with van der Waals surface area (Å²) in [5.74, 6) is 0.403. The van der Waals surface area contributed by atoms with Gasteiger partial charge in [0, 0.05) is 11.1 Å². The van der Waals surface area contributed by atoms with Gasteiger partial charge in [-0.3, -0.25) is 25.8 Å². The Morgan fingerprint density at radius 2 is 1.55 bits per heavy atom. The van der Waals surface area contributed by atoms with E-state index in [4.69, 9.17) is 21.7 Å². The van der Waals surface area contributed by atoms with Crippen LogP contribution in [-0.4, -0.2) is 23.0 Å². The molecular formula is C25H25N3O4S. The lowest BCUT2D eigenvalue weighted by Gasteiger charge is -2.13. The van der Waals surface area contributed by atoms with Gasteiger partial charge < -0.3 is 9.47 Å². The van der Waals surface area contributed by atoms with Crippen LogP contribution in [-0.2, 0) is 6.61 Å². The van der Waals surface area contributed by atoms with Gasteiger partial charge in [-0.25, -0.2) is 0 Å². The number of amides is 2. The van der Waals surface area contributed by atoms with Gasteiger partial charge in [0.1, 0.15) is 18.1 Å². The smallest absolute Gasteiger partial charge is 0.269 e. The minimum Gasteiger partial charge on any atom is -0.491 e. The largest absolute Gasteiger partial charge is 0.491 e. The first-order chi connectivity index (χ1) is 15.9. The van der Waals surface area contributed by atoms with Crippen LogP contribution in [0.3, 0.4) is 0 Å². The summed E-state index contributed by atoms with van der Waals surface area (Å²) in [6.45, 7) is 4.24. The summed E-state index contributed by atoms with van der Waals surface area (Å²) in [6.07, 6.45) is -0.00856. The third kappa shape index (κ3) is 7.62. The molecule has 8 heteroatoms. The molecule has 0 saturated heterocycles. The molecule has 0 aromatic heterocycles. The van der Waals surface area contributed by atoms with Crippen molar-refractivity contribution in [1.29, 1.82) is 0 Å². The fraction of sp³-hybridized carbons (Fsp3) is 0.160. The summed E-state index contributed by atoms with van der Waals surface area (Å²) in [5, 5.41) is 2.48. The Morgan fingerprint density at radius 3 is 2.24 bits per heavy atom. The van der Waals surface area contributed by atoms with Crippen molar-refractivity contribution >= 4 is 29.1 Å². The molecule has 0 radical (unpaired) electrons. The van der Waals surface area contributed by atoms with Crippen LogP contribution in [0.1, 0.15) is 40.1 Å². The normalized spacial score (nSPS) is 10.3. The van der Waals surface area contributed by atoms with E-state index in [1.54, 1.807) is 48.5 Å². The molecule has 0 aliphatic rings. The topological polar surface area (TPSA) is 88.7 Å². The third-order valence-corrected chi connectivity index (χ3v) is 4.55. The zero-order chi connectivity index (χ0) is 23.6. The first kappa shape index (κ1) is 23.7. The number of hydrogen-bond donors (Lipinski definition) is 3. The zero-order valence-corrected chi connectivity index (χ0v) is 19.1. The molecular weight excluding hydrogens is 438 g/mol. The van der Waals surface area contributed by atoms with Gasteiger partial charge >= 0.3 is 0 Å². The molecule has 0 heterocycles. The number of ether oxygens (including phenoxy) is 2. The lowest BCUT2D eigenvalue weighted by atomic mass is 10.2. The third-order valence-electron chi connectivity index (χ3n) is 4.35. The van der Waals surface area contributed by atoms with Gasteiger partial charge in [0.2, 0.25) is 0 Å². The Labute approximate surface area is 198 Å². The van der Waals surface area contributed by atoms with E-state index < -0.39 is 11.8 Å². The number of nitrogens with one attached hydrogen (secondary N) is 3. The van der Waals surface area contributed by atoms with Gasteiger partial charge in [0.25, 0.3) is 11.8 Å². The number of thiocarbonyl (C=S) groups is 1. The lowest BCUT2D eigenvalue weighted by molar-refractivity contribution is 0.0934. The minimum absolute atomic E-state index is 0.00856. The van der Waals surface area contributed by atoms with Crippen molar-refractivity contribution in [2.45, 2.75) is 26.6 Å². The second kappa shape index (κ2) is 11.6. The van der Waals surface area contributed by atoms with Crippen molar-refractivity contribution in [3.63, 3.8) is 0 Å². The molecule has 3 aromatic rings. The Bertz CT molecular complexity index is 1100. The monoisotopic (exact) mass is 463 g/mol. The Balaban J connectivity index is 1.46. The van der Waals surface area contributed by atoms with Crippen molar-refractivity contribution in [1.82, 2.24) is 16.2 Å². The number of carbonyl (C=O) groups is 2. The standard InChI is InChI=1S/C25H25N3O4S/c1-17(2)32-22-10-6-9-20(15-22)23(29)26-25(33)28-27-24(30)19-11-13-21(14-12-19)31-16-18-7-4-3-5-8-18/h3-15,17H,16H2,1-2H3,(H,27,30)(H2,26,28,29,33). The highest BCUT2D eigenvalue weighted by molar-refractivity contribution is 7.80. The maximum atomic E-state index is 12.4. The number of hydrogen-bond acceptors (Lipinski definition) is 5. The summed E-state index contributed by atoms with van der Waals surface area (Å²) < 4.78 is 11.3. The summed E-state index contributed by atoms with van der Waals surface area (Å²) in [7, 11) is 0. The van der Waals surface area contributed by atoms with E-state index >= 15 is 0 Å². The highest BCUT2D eigenvalue weighted by atomic mass is 32.1. The predicted molar refractivity (Wildman–Crippen MR) is 130 cm³/mol. The lowest BCUT2D eigenvalue weighted by Crippen LogP contribution is -2.48. The van der Waals surface area contributed by atoms with Crippen LogP contribution >= 0.6 is 12.2 Å². The van der Waals surface area contributed by atoms with Crippen molar-refractivity contribution in [2.24, 2.45) is 0 Å². The van der Waals surface area contributed by atoms with Crippen molar-refractivity contribution in [3.05, 3.63) is 95.6 Å². The molecule has 0 fully saturated rings. The number of carbonyl (C=O) groups excluding carboxylic acids is 2. The molecule has 3 aromatic carbocycles. The van der Waals surface area contributed by atoms with E-state index in [1.165, 1.54) is 0 Å². The van der Waals surface area contributed by atoms with Crippen molar-refractivity contribution in [2.75, 3.05) is 0 Å². The Morgan fingerprint density at radius 1 is 0.818 bits per heavy atom. The first-order valence-electron chi connectivity index (χ1n) is 10.4. The molecule has 0 atom stereocenters. The molecule has 0 bridgehead atoms. The fourth-order valence-corrected chi connectivity index (χ4v) is 2.96. The van der Waals surface area contributed by atoms with E-state index in [0.717, 1.165) is 5.56 Å². The minimum atomic E-state index is -0.420. The van der Waals surface area contributed by atoms with Crippen LogP contribution in [0.2, 0.25) is 0 Å². The number of benzene rings is 3. The zero-order valence-electron chi connectivity index (χ0n) is 18.3. The number of rotatable bonds is 7. The van der Waals surface area contributed by atoms with Crippen LogP contribution in [0, 0.1) is 0 Å². The van der Waals surface area contributed by atoms with Gasteiger partial charge in [0.15, 0.2) is 5.11 Å². The van der Waals surface area contributed by atoms with Gasteiger partial charge in [-0.1, -0.05) is 36.4 Å². The predicted octanol–water partition coefficient (Wildman–Crippen LogP) is 4.00. The van der Waals surface area contributed by atoms with E-state index in [9.17, 15) is 9.59 Å². The van der Waals surface area contributed by atoms with E-state index in [-0.39, 0.29) is 11.2 Å². The summed E-state index contributed by atoms with van der Waals surface area (Å²) in [4.78, 5) is 24.7. The van der Waals surface area contributed by atoms with Gasteiger partial charge in [0.05, 0.1) is 6.10 Å². The molecule has 0 aliphatic carbocycles. The fourth-order valence-electron chi connectivity index (χ4n) is 2.82. The van der Waals surface area contributed by atoms with Gasteiger partial charge in [-0.15, -0.1) is 0 Å². The maximum Gasteiger partial charge on any atom is 0.269 e. The maximum absolute atomic E-state index is 12.4. The molecule has 170 valence electrons. The van der Waals surface area contributed by atoms with Crippen molar-refractivity contribution in [3.8, 4) is 11.5 Å². The quantitative estimate of drug-likeness (QED) is 0.363. The highest BCUT2D eigenvalue weighted by Gasteiger charge is 2.11. The van der Waals surface area contributed by atoms with Gasteiger partial charge in [-0.2, -0.15) is 0 Å².